The number of carbonyl (C=O) groups is 2. The van der Waals surface area contributed by atoms with Gasteiger partial charge in [0.2, 0.25) is 6.10 Å². The van der Waals surface area contributed by atoms with Crippen LogP contribution in [-0.2, 0) is 19.1 Å². The third-order valence-corrected chi connectivity index (χ3v) is 3.03. The Kier molecular flexibility index (Phi) is 3.92. The van der Waals surface area contributed by atoms with Crippen LogP contribution >= 0.6 is 0 Å². The molecule has 5 nitrogen and oxygen atoms in total. The number of nitrogens with zero attached hydrogens (tertiary/aromatic N) is 1. The van der Waals surface area contributed by atoms with Gasteiger partial charge < -0.3 is 14.4 Å². The van der Waals surface area contributed by atoms with E-state index in [4.69, 9.17) is 4.74 Å². The molecule has 1 aliphatic heterocycles. The maximum absolute atomic E-state index is 13.4. The van der Waals surface area contributed by atoms with Gasteiger partial charge in [0.25, 0.3) is 0 Å². The number of ether oxygens (including phenoxy) is 2. The summed E-state index contributed by atoms with van der Waals surface area (Å²) in [6.45, 7) is 0. The van der Waals surface area contributed by atoms with E-state index in [0.717, 1.165) is 0 Å². The number of Topliss-reactive ketones (excluding diaryl/α,β-unsaturated/α-hetero) is 1. The van der Waals surface area contributed by atoms with E-state index in [-0.39, 0.29) is 29.1 Å². The van der Waals surface area contributed by atoms with E-state index in [1.54, 1.807) is 19.0 Å². The molecule has 0 aromatic carbocycles. The summed E-state index contributed by atoms with van der Waals surface area (Å²) >= 11 is 0. The predicted octanol–water partition coefficient (Wildman–Crippen LogP) is 1.12. The van der Waals surface area contributed by atoms with Crippen molar-refractivity contribution in [2.45, 2.75) is 18.7 Å². The van der Waals surface area contributed by atoms with Crippen molar-refractivity contribution in [2.24, 2.45) is 0 Å². The molecule has 0 fully saturated rings. The van der Waals surface area contributed by atoms with Crippen LogP contribution in [0.1, 0.15) is 6.42 Å². The molecule has 0 N–H and O–H groups in total. The topological polar surface area (TPSA) is 55.8 Å². The minimum Gasteiger partial charge on any atom is -0.473 e. The number of carbonyl (C=O) groups excluding carboxylic acids is 2. The minimum atomic E-state index is -1.21. The van der Waals surface area contributed by atoms with Crippen molar-refractivity contribution in [2.75, 3.05) is 21.2 Å². The molecule has 2 atom stereocenters. The number of ketones is 1. The van der Waals surface area contributed by atoms with Gasteiger partial charge in [0.1, 0.15) is 11.9 Å². The molecule has 6 heteroatoms. The van der Waals surface area contributed by atoms with Crippen LogP contribution in [-0.4, -0.2) is 50.1 Å². The second-order valence-corrected chi connectivity index (χ2v) is 4.82. The number of alkyl halides is 1. The molecule has 20 heavy (non-hydrogen) atoms. The summed E-state index contributed by atoms with van der Waals surface area (Å²) < 4.78 is 23.6. The molecular weight excluding hydrogens is 265 g/mol. The molecule has 0 aromatic heterocycles. The quantitative estimate of drug-likeness (QED) is 0.561. The number of hydrogen-bond donors (Lipinski definition) is 0. The van der Waals surface area contributed by atoms with Crippen LogP contribution in [0.3, 0.4) is 0 Å². The van der Waals surface area contributed by atoms with Crippen LogP contribution in [0.2, 0.25) is 0 Å². The predicted molar refractivity (Wildman–Crippen MR) is 69.3 cm³/mol. The molecule has 0 spiro atoms. The lowest BCUT2D eigenvalue weighted by molar-refractivity contribution is -0.150. The maximum Gasteiger partial charge on any atom is 0.352 e. The fourth-order valence-electron chi connectivity index (χ4n) is 2.14. The van der Waals surface area contributed by atoms with E-state index in [1.165, 1.54) is 25.5 Å². The summed E-state index contributed by atoms with van der Waals surface area (Å²) in [5.41, 5.74) is 0.413. The Morgan fingerprint density at radius 1 is 1.55 bits per heavy atom. The van der Waals surface area contributed by atoms with E-state index in [0.29, 0.717) is 0 Å². The lowest BCUT2D eigenvalue weighted by Gasteiger charge is -2.29. The van der Waals surface area contributed by atoms with Crippen LogP contribution in [0.25, 0.3) is 0 Å². The Morgan fingerprint density at radius 2 is 2.25 bits per heavy atom. The minimum absolute atomic E-state index is 0.0384. The molecule has 108 valence electrons. The van der Waals surface area contributed by atoms with Gasteiger partial charge in [-0.2, -0.15) is 0 Å². The van der Waals surface area contributed by atoms with E-state index in [2.05, 4.69) is 4.74 Å². The van der Waals surface area contributed by atoms with Gasteiger partial charge in [0, 0.05) is 32.3 Å². The summed E-state index contributed by atoms with van der Waals surface area (Å²) in [6, 6.07) is 0. The van der Waals surface area contributed by atoms with Gasteiger partial charge >= 0.3 is 5.97 Å². The molecule has 0 radical (unpaired) electrons. The van der Waals surface area contributed by atoms with Crippen molar-refractivity contribution in [1.29, 1.82) is 0 Å². The zero-order valence-electron chi connectivity index (χ0n) is 11.6. The highest BCUT2D eigenvalue weighted by Crippen LogP contribution is 2.33. The zero-order chi connectivity index (χ0) is 14.9. The van der Waals surface area contributed by atoms with E-state index in [9.17, 15) is 14.0 Å². The fraction of sp³-hybridized carbons (Fsp3) is 0.429. The molecule has 0 saturated carbocycles. The number of esters is 1. The Hall–Kier alpha value is -2.11. The molecule has 1 heterocycles. The number of halogens is 1. The van der Waals surface area contributed by atoms with Crippen LogP contribution in [0.4, 0.5) is 4.39 Å². The first-order valence-electron chi connectivity index (χ1n) is 6.16. The van der Waals surface area contributed by atoms with E-state index >= 15 is 0 Å². The Morgan fingerprint density at radius 3 is 2.85 bits per heavy atom. The number of hydrogen-bond acceptors (Lipinski definition) is 5. The molecule has 0 amide bonds. The summed E-state index contributed by atoms with van der Waals surface area (Å²) in [6.07, 6.45) is 1.83. The number of rotatable bonds is 2. The van der Waals surface area contributed by atoms with Gasteiger partial charge in [-0.3, -0.25) is 4.79 Å². The van der Waals surface area contributed by atoms with Crippen LogP contribution in [0, 0.1) is 0 Å². The average molecular weight is 281 g/mol. The van der Waals surface area contributed by atoms with Crippen LogP contribution in [0.5, 0.6) is 0 Å². The van der Waals surface area contributed by atoms with Crippen molar-refractivity contribution < 1.29 is 23.5 Å². The Balaban J connectivity index is 2.44. The molecular formula is C14H16FNO4. The third kappa shape index (κ3) is 2.59. The normalized spacial score (nSPS) is 27.2. The first kappa shape index (κ1) is 14.3. The molecule has 2 unspecified atom stereocenters. The highest BCUT2D eigenvalue weighted by molar-refractivity contribution is 6.13. The smallest absolute Gasteiger partial charge is 0.352 e. The van der Waals surface area contributed by atoms with E-state index < -0.39 is 18.2 Å². The molecule has 0 bridgehead atoms. The van der Waals surface area contributed by atoms with Crippen molar-refractivity contribution in [3.05, 3.63) is 35.3 Å². The maximum atomic E-state index is 13.4. The second kappa shape index (κ2) is 5.48. The summed E-state index contributed by atoms with van der Waals surface area (Å²) in [4.78, 5) is 25.8. The number of methoxy groups -OCH3 is 1. The van der Waals surface area contributed by atoms with Crippen LogP contribution < -0.4 is 0 Å². The Labute approximate surface area is 116 Å². The molecule has 2 aliphatic rings. The van der Waals surface area contributed by atoms with Gasteiger partial charge in [-0.15, -0.1) is 0 Å². The Bertz CT molecular complexity index is 533. The fourth-order valence-corrected chi connectivity index (χ4v) is 2.14. The van der Waals surface area contributed by atoms with Crippen molar-refractivity contribution in [3.63, 3.8) is 0 Å². The summed E-state index contributed by atoms with van der Waals surface area (Å²) in [5.74, 6) is -0.786. The SMILES string of the molecule is COC(=O)C1OC2=C(CC(F)C=C2)C(=O)/C1=C\N(C)C. The third-order valence-electron chi connectivity index (χ3n) is 3.03. The first-order chi connectivity index (χ1) is 9.43. The lowest BCUT2D eigenvalue weighted by atomic mass is 9.89. The van der Waals surface area contributed by atoms with Crippen molar-refractivity contribution in [1.82, 2.24) is 4.90 Å². The monoisotopic (exact) mass is 281 g/mol. The van der Waals surface area contributed by atoms with Gasteiger partial charge in [-0.05, 0) is 12.2 Å². The van der Waals surface area contributed by atoms with Crippen molar-refractivity contribution in [3.8, 4) is 0 Å². The largest absolute Gasteiger partial charge is 0.473 e. The summed E-state index contributed by atoms with van der Waals surface area (Å²) in [5, 5.41) is 0. The molecule has 2 rings (SSSR count). The van der Waals surface area contributed by atoms with Gasteiger partial charge in [-0.25, -0.2) is 9.18 Å². The molecule has 1 aliphatic carbocycles. The van der Waals surface area contributed by atoms with Gasteiger partial charge in [0.15, 0.2) is 5.78 Å². The highest BCUT2D eigenvalue weighted by atomic mass is 19.1. The lowest BCUT2D eigenvalue weighted by Crippen LogP contribution is -2.37. The van der Waals surface area contributed by atoms with Gasteiger partial charge in [0.05, 0.1) is 12.7 Å². The van der Waals surface area contributed by atoms with Crippen LogP contribution in [0.15, 0.2) is 35.3 Å². The van der Waals surface area contributed by atoms with Gasteiger partial charge in [-0.1, -0.05) is 0 Å². The number of allylic oxidation sites excluding steroid dienone is 3. The second-order valence-electron chi connectivity index (χ2n) is 4.82. The van der Waals surface area contributed by atoms with E-state index in [1.807, 2.05) is 0 Å². The van der Waals surface area contributed by atoms with Crippen molar-refractivity contribution >= 4 is 11.8 Å². The zero-order valence-corrected chi connectivity index (χ0v) is 11.6. The molecule has 0 saturated heterocycles. The average Bonchev–Trinajstić information content (AvgIpc) is 2.41. The standard InChI is InChI=1S/C14H16FNO4/c1-16(2)7-10-12(17)9-6-8(15)4-5-11(9)20-13(10)14(18)19-3/h4-5,7-8,13H,6H2,1-3H3/b10-7+. The highest BCUT2D eigenvalue weighted by Gasteiger charge is 2.40. The molecule has 0 aromatic rings. The first-order valence-corrected chi connectivity index (χ1v) is 6.16. The summed E-state index contributed by atoms with van der Waals surface area (Å²) in [7, 11) is 4.66.